The van der Waals surface area contributed by atoms with Gasteiger partial charge in [-0.15, -0.1) is 0 Å². The molecule has 1 heterocycles. The number of benzene rings is 1. The molecule has 0 spiro atoms. The van der Waals surface area contributed by atoms with Gasteiger partial charge in [0.2, 0.25) is 0 Å². The van der Waals surface area contributed by atoms with Crippen molar-refractivity contribution in [3.05, 3.63) is 29.3 Å². The molecule has 0 aliphatic carbocycles. The lowest BCUT2D eigenvalue weighted by Gasteiger charge is -2.33. The highest BCUT2D eigenvalue weighted by Crippen LogP contribution is 2.20. The Bertz CT molecular complexity index is 531. The highest BCUT2D eigenvalue weighted by molar-refractivity contribution is 5.65. The van der Waals surface area contributed by atoms with Crippen LogP contribution in [0.5, 0.6) is 5.75 Å². The number of rotatable bonds is 3. The number of nitrogens with zero attached hydrogens (tertiary/aromatic N) is 3. The normalized spacial score (nSPS) is 15.7. The molecule has 6 heteroatoms. The molecule has 0 unspecified atom stereocenters. The average Bonchev–Trinajstić information content (AvgIpc) is 2.47. The van der Waals surface area contributed by atoms with Gasteiger partial charge in [-0.05, 0) is 17.7 Å². The molecule has 0 aromatic heterocycles. The molecular weight excluding hydrogens is 258 g/mol. The Morgan fingerprint density at radius 1 is 1.40 bits per heavy atom. The van der Waals surface area contributed by atoms with Crippen molar-refractivity contribution >= 4 is 6.09 Å². The Hall–Kier alpha value is -2.26. The standard InChI is InChI=1S/C14H17N3O3/c1-20-13-3-2-11(8-12(13)9-15)10-16-4-6-17(7-5-16)14(18)19/h2-3,8H,4-7,10H2,1H3,(H,18,19). The van der Waals surface area contributed by atoms with Crippen LogP contribution in [-0.4, -0.2) is 54.3 Å². The second-order valence-corrected chi connectivity index (χ2v) is 4.69. The van der Waals surface area contributed by atoms with Crippen LogP contribution in [0.1, 0.15) is 11.1 Å². The lowest BCUT2D eigenvalue weighted by molar-refractivity contribution is 0.103. The monoisotopic (exact) mass is 275 g/mol. The van der Waals surface area contributed by atoms with Crippen LogP contribution in [0.4, 0.5) is 4.79 Å². The van der Waals surface area contributed by atoms with Crippen molar-refractivity contribution in [3.63, 3.8) is 0 Å². The molecule has 0 atom stereocenters. The van der Waals surface area contributed by atoms with Crippen molar-refractivity contribution in [2.75, 3.05) is 33.3 Å². The van der Waals surface area contributed by atoms with Crippen LogP contribution in [0.2, 0.25) is 0 Å². The molecule has 6 nitrogen and oxygen atoms in total. The van der Waals surface area contributed by atoms with E-state index in [1.54, 1.807) is 13.2 Å². The van der Waals surface area contributed by atoms with E-state index in [1.807, 2.05) is 12.1 Å². The minimum absolute atomic E-state index is 0.522. The summed E-state index contributed by atoms with van der Waals surface area (Å²) in [6.07, 6.45) is -0.860. The van der Waals surface area contributed by atoms with Crippen molar-refractivity contribution in [2.24, 2.45) is 0 Å². The first-order valence-corrected chi connectivity index (χ1v) is 6.41. The number of carbonyl (C=O) groups is 1. The summed E-state index contributed by atoms with van der Waals surface area (Å²) in [5.41, 5.74) is 1.56. The van der Waals surface area contributed by atoms with Crippen LogP contribution < -0.4 is 4.74 Å². The summed E-state index contributed by atoms with van der Waals surface area (Å²) in [5.74, 6) is 0.576. The van der Waals surface area contributed by atoms with Gasteiger partial charge in [-0.2, -0.15) is 5.26 Å². The van der Waals surface area contributed by atoms with Crippen LogP contribution in [0.3, 0.4) is 0 Å². The Labute approximate surface area is 117 Å². The fraction of sp³-hybridized carbons (Fsp3) is 0.429. The molecule has 1 fully saturated rings. The summed E-state index contributed by atoms with van der Waals surface area (Å²) in [6, 6.07) is 7.67. The first kappa shape index (κ1) is 14.2. The first-order valence-electron chi connectivity index (χ1n) is 6.41. The minimum atomic E-state index is -0.860. The fourth-order valence-electron chi connectivity index (χ4n) is 2.30. The highest BCUT2D eigenvalue weighted by atomic mass is 16.5. The van der Waals surface area contributed by atoms with E-state index in [0.29, 0.717) is 44.0 Å². The summed E-state index contributed by atoms with van der Waals surface area (Å²) in [7, 11) is 1.54. The summed E-state index contributed by atoms with van der Waals surface area (Å²) in [4.78, 5) is 14.4. The van der Waals surface area contributed by atoms with Crippen molar-refractivity contribution in [2.45, 2.75) is 6.54 Å². The zero-order valence-electron chi connectivity index (χ0n) is 11.4. The smallest absolute Gasteiger partial charge is 0.407 e. The third-order valence-corrected chi connectivity index (χ3v) is 3.43. The lowest BCUT2D eigenvalue weighted by Crippen LogP contribution is -2.47. The quantitative estimate of drug-likeness (QED) is 0.901. The van der Waals surface area contributed by atoms with Gasteiger partial charge in [0, 0.05) is 32.7 Å². The zero-order chi connectivity index (χ0) is 14.5. The maximum Gasteiger partial charge on any atom is 0.407 e. The van der Waals surface area contributed by atoms with Gasteiger partial charge >= 0.3 is 6.09 Å². The summed E-state index contributed by atoms with van der Waals surface area (Å²) in [5, 5.41) is 18.0. The Morgan fingerprint density at radius 3 is 2.65 bits per heavy atom. The van der Waals surface area contributed by atoms with E-state index in [4.69, 9.17) is 15.1 Å². The summed E-state index contributed by atoms with van der Waals surface area (Å²) < 4.78 is 5.11. The molecule has 0 bridgehead atoms. The van der Waals surface area contributed by atoms with E-state index < -0.39 is 6.09 Å². The van der Waals surface area contributed by atoms with E-state index in [0.717, 1.165) is 5.56 Å². The Balaban J connectivity index is 1.98. The van der Waals surface area contributed by atoms with Gasteiger partial charge in [0.15, 0.2) is 0 Å². The number of amides is 1. The number of ether oxygens (including phenoxy) is 1. The van der Waals surface area contributed by atoms with Crippen molar-refractivity contribution in [3.8, 4) is 11.8 Å². The van der Waals surface area contributed by atoms with E-state index in [1.165, 1.54) is 4.90 Å². The highest BCUT2D eigenvalue weighted by Gasteiger charge is 2.20. The van der Waals surface area contributed by atoms with Crippen LogP contribution in [0.25, 0.3) is 0 Å². The average molecular weight is 275 g/mol. The van der Waals surface area contributed by atoms with Gasteiger partial charge in [-0.25, -0.2) is 4.79 Å². The molecule has 1 aliphatic rings. The molecule has 0 saturated carbocycles. The Kier molecular flexibility index (Phi) is 4.43. The summed E-state index contributed by atoms with van der Waals surface area (Å²) >= 11 is 0. The van der Waals surface area contributed by atoms with E-state index in [-0.39, 0.29) is 0 Å². The topological polar surface area (TPSA) is 76.8 Å². The molecule has 20 heavy (non-hydrogen) atoms. The van der Waals surface area contributed by atoms with Crippen LogP contribution in [0, 0.1) is 11.3 Å². The molecule has 1 amide bonds. The molecule has 1 N–H and O–H groups in total. The van der Waals surface area contributed by atoms with Crippen LogP contribution in [0.15, 0.2) is 18.2 Å². The molecular formula is C14H17N3O3. The van der Waals surface area contributed by atoms with E-state index in [2.05, 4.69) is 11.0 Å². The SMILES string of the molecule is COc1ccc(CN2CCN(C(=O)O)CC2)cc1C#N. The van der Waals surface area contributed by atoms with Gasteiger partial charge in [0.1, 0.15) is 11.8 Å². The van der Waals surface area contributed by atoms with Gasteiger partial charge in [0.05, 0.1) is 12.7 Å². The van der Waals surface area contributed by atoms with Crippen LogP contribution in [-0.2, 0) is 6.54 Å². The van der Waals surface area contributed by atoms with Gasteiger partial charge in [-0.1, -0.05) is 6.07 Å². The second kappa shape index (κ2) is 6.26. The van der Waals surface area contributed by atoms with E-state index in [9.17, 15) is 4.79 Å². The Morgan fingerprint density at radius 2 is 2.10 bits per heavy atom. The van der Waals surface area contributed by atoms with Crippen molar-refractivity contribution < 1.29 is 14.6 Å². The number of nitriles is 1. The molecule has 1 aromatic carbocycles. The molecule has 1 aromatic rings. The number of piperazine rings is 1. The minimum Gasteiger partial charge on any atom is -0.495 e. The number of methoxy groups -OCH3 is 1. The predicted molar refractivity (Wildman–Crippen MR) is 72.6 cm³/mol. The molecule has 1 aliphatic heterocycles. The van der Waals surface area contributed by atoms with E-state index >= 15 is 0 Å². The molecule has 1 saturated heterocycles. The lowest BCUT2D eigenvalue weighted by atomic mass is 10.1. The third kappa shape index (κ3) is 3.19. The second-order valence-electron chi connectivity index (χ2n) is 4.69. The van der Waals surface area contributed by atoms with Crippen molar-refractivity contribution in [1.82, 2.24) is 9.80 Å². The maximum atomic E-state index is 10.8. The molecule has 2 rings (SSSR count). The zero-order valence-corrected chi connectivity index (χ0v) is 11.4. The number of hydrogen-bond acceptors (Lipinski definition) is 4. The van der Waals surface area contributed by atoms with Gasteiger partial charge in [0.25, 0.3) is 0 Å². The summed E-state index contributed by atoms with van der Waals surface area (Å²) in [6.45, 7) is 3.18. The fourth-order valence-corrected chi connectivity index (χ4v) is 2.30. The van der Waals surface area contributed by atoms with Gasteiger partial charge < -0.3 is 14.7 Å². The van der Waals surface area contributed by atoms with Crippen molar-refractivity contribution in [1.29, 1.82) is 5.26 Å². The largest absolute Gasteiger partial charge is 0.495 e. The number of carboxylic acid groups (broad SMARTS) is 1. The number of hydrogen-bond donors (Lipinski definition) is 1. The maximum absolute atomic E-state index is 10.8. The molecule has 106 valence electrons. The van der Waals surface area contributed by atoms with Gasteiger partial charge in [-0.3, -0.25) is 4.90 Å². The third-order valence-electron chi connectivity index (χ3n) is 3.43. The predicted octanol–water partition coefficient (Wildman–Crippen LogP) is 1.36. The van der Waals surface area contributed by atoms with Crippen LogP contribution >= 0.6 is 0 Å². The molecule has 0 radical (unpaired) electrons. The first-order chi connectivity index (χ1) is 9.63.